The van der Waals surface area contributed by atoms with E-state index in [1.165, 1.54) is 20.7 Å². The summed E-state index contributed by atoms with van der Waals surface area (Å²) in [7, 11) is -7.57. The third-order valence-corrected chi connectivity index (χ3v) is 8.78. The zero-order chi connectivity index (χ0) is 20.5. The molecule has 1 aliphatic rings. The third kappa shape index (κ3) is 3.69. The smallest absolute Gasteiger partial charge is 0.207 e. The van der Waals surface area contributed by atoms with E-state index in [2.05, 4.69) is 0 Å². The summed E-state index contributed by atoms with van der Waals surface area (Å²) >= 11 is 0. The molecule has 1 fully saturated rings. The summed E-state index contributed by atoms with van der Waals surface area (Å²) in [6.07, 6.45) is 0. The highest BCUT2D eigenvalue weighted by molar-refractivity contribution is 7.89. The summed E-state index contributed by atoms with van der Waals surface area (Å²) in [5.74, 6) is 0. The molecule has 0 aliphatic carbocycles. The summed E-state index contributed by atoms with van der Waals surface area (Å²) in [5, 5.41) is 9.18. The Morgan fingerprint density at radius 3 is 1.93 bits per heavy atom. The number of piperazine rings is 1. The molecule has 0 radical (unpaired) electrons. The van der Waals surface area contributed by atoms with E-state index in [9.17, 15) is 22.1 Å². The van der Waals surface area contributed by atoms with Gasteiger partial charge in [-0.1, -0.05) is 24.3 Å². The van der Waals surface area contributed by atoms with E-state index in [0.29, 0.717) is 5.56 Å². The standard InChI is InChI=1S/C19H21N3O4S2/c1-15-7-8-16(2)19(13-15)28(25,26)22-11-9-21(10-12-22)27(23,24)18-6-4-3-5-17(18)14-20/h3-8,13H,9-12H2,1-2H3. The van der Waals surface area contributed by atoms with Gasteiger partial charge in [0.2, 0.25) is 20.0 Å². The van der Waals surface area contributed by atoms with E-state index in [-0.39, 0.29) is 41.5 Å². The second-order valence-electron chi connectivity index (χ2n) is 6.69. The molecule has 2 aromatic rings. The predicted octanol–water partition coefficient (Wildman–Crippen LogP) is 1.87. The molecule has 0 aromatic heterocycles. The third-order valence-electron chi connectivity index (χ3n) is 4.78. The van der Waals surface area contributed by atoms with Crippen LogP contribution in [0.5, 0.6) is 0 Å². The average molecular weight is 420 g/mol. The van der Waals surface area contributed by atoms with E-state index in [1.807, 2.05) is 19.1 Å². The van der Waals surface area contributed by atoms with Gasteiger partial charge in [0.05, 0.1) is 15.4 Å². The van der Waals surface area contributed by atoms with Crippen LogP contribution >= 0.6 is 0 Å². The van der Waals surface area contributed by atoms with Crippen LogP contribution < -0.4 is 0 Å². The van der Waals surface area contributed by atoms with Gasteiger partial charge < -0.3 is 0 Å². The Morgan fingerprint density at radius 2 is 1.36 bits per heavy atom. The van der Waals surface area contributed by atoms with Crippen molar-refractivity contribution in [1.29, 1.82) is 5.26 Å². The lowest BCUT2D eigenvalue weighted by molar-refractivity contribution is 0.272. The van der Waals surface area contributed by atoms with Crippen LogP contribution in [-0.4, -0.2) is 51.6 Å². The molecule has 148 valence electrons. The lowest BCUT2D eigenvalue weighted by Crippen LogP contribution is -2.50. The Balaban J connectivity index is 1.83. The molecular formula is C19H21N3O4S2. The number of rotatable bonds is 4. The maximum Gasteiger partial charge on any atom is 0.244 e. The maximum absolute atomic E-state index is 13.0. The van der Waals surface area contributed by atoms with Gasteiger partial charge in [-0.3, -0.25) is 0 Å². The van der Waals surface area contributed by atoms with Crippen LogP contribution in [0.3, 0.4) is 0 Å². The summed E-state index contributed by atoms with van der Waals surface area (Å²) in [6.45, 7) is 3.76. The molecule has 7 nitrogen and oxygen atoms in total. The summed E-state index contributed by atoms with van der Waals surface area (Å²) in [6, 6.07) is 13.2. The lowest BCUT2D eigenvalue weighted by Gasteiger charge is -2.33. The van der Waals surface area contributed by atoms with E-state index in [4.69, 9.17) is 0 Å². The molecule has 28 heavy (non-hydrogen) atoms. The van der Waals surface area contributed by atoms with Crippen molar-refractivity contribution < 1.29 is 16.8 Å². The highest BCUT2D eigenvalue weighted by atomic mass is 32.2. The molecule has 1 aliphatic heterocycles. The molecule has 9 heteroatoms. The van der Waals surface area contributed by atoms with Gasteiger partial charge in [0, 0.05) is 26.2 Å². The highest BCUT2D eigenvalue weighted by Gasteiger charge is 2.35. The second kappa shape index (κ2) is 7.64. The van der Waals surface area contributed by atoms with E-state index in [1.54, 1.807) is 31.2 Å². The molecule has 1 saturated heterocycles. The lowest BCUT2D eigenvalue weighted by atomic mass is 10.2. The zero-order valence-corrected chi connectivity index (χ0v) is 17.3. The van der Waals surface area contributed by atoms with Crippen LogP contribution in [0, 0.1) is 25.2 Å². The van der Waals surface area contributed by atoms with Gasteiger partial charge in [-0.25, -0.2) is 16.8 Å². The van der Waals surface area contributed by atoms with Gasteiger partial charge in [0.1, 0.15) is 6.07 Å². The Labute approximate surface area is 165 Å². The highest BCUT2D eigenvalue weighted by Crippen LogP contribution is 2.25. The molecule has 0 bridgehead atoms. The van der Waals surface area contributed by atoms with E-state index < -0.39 is 20.0 Å². The largest absolute Gasteiger partial charge is 0.244 e. The molecule has 0 spiro atoms. The fourth-order valence-electron chi connectivity index (χ4n) is 3.20. The second-order valence-corrected chi connectivity index (χ2v) is 10.5. The molecule has 0 N–H and O–H groups in total. The predicted molar refractivity (Wildman–Crippen MR) is 105 cm³/mol. The number of nitrogens with zero attached hydrogens (tertiary/aromatic N) is 3. The summed E-state index contributed by atoms with van der Waals surface area (Å²) < 4.78 is 54.4. The Kier molecular flexibility index (Phi) is 5.59. The molecule has 0 saturated carbocycles. The summed E-state index contributed by atoms with van der Waals surface area (Å²) in [5.41, 5.74) is 1.58. The maximum atomic E-state index is 13.0. The topological polar surface area (TPSA) is 98.6 Å². The monoisotopic (exact) mass is 419 g/mol. The van der Waals surface area contributed by atoms with Crippen molar-refractivity contribution in [3.05, 3.63) is 59.2 Å². The van der Waals surface area contributed by atoms with Crippen molar-refractivity contribution in [2.75, 3.05) is 26.2 Å². The van der Waals surface area contributed by atoms with Gasteiger partial charge in [-0.05, 0) is 43.2 Å². The van der Waals surface area contributed by atoms with E-state index >= 15 is 0 Å². The van der Waals surface area contributed by atoms with Crippen LogP contribution in [0.2, 0.25) is 0 Å². The minimum atomic E-state index is -3.86. The van der Waals surface area contributed by atoms with Crippen molar-refractivity contribution in [1.82, 2.24) is 8.61 Å². The molecule has 0 atom stereocenters. The minimum absolute atomic E-state index is 0.0339. The first-order chi connectivity index (χ1) is 13.2. The first kappa shape index (κ1) is 20.5. The van der Waals surface area contributed by atoms with Crippen LogP contribution in [-0.2, 0) is 20.0 Å². The van der Waals surface area contributed by atoms with Crippen molar-refractivity contribution in [2.45, 2.75) is 23.6 Å². The molecule has 2 aromatic carbocycles. The molecular weight excluding hydrogens is 398 g/mol. The quantitative estimate of drug-likeness (QED) is 0.753. The van der Waals surface area contributed by atoms with Crippen LogP contribution in [0.25, 0.3) is 0 Å². The van der Waals surface area contributed by atoms with Crippen molar-refractivity contribution in [3.8, 4) is 6.07 Å². The average Bonchev–Trinajstić information content (AvgIpc) is 2.69. The van der Waals surface area contributed by atoms with E-state index in [0.717, 1.165) is 5.56 Å². The Hall–Kier alpha value is -2.25. The van der Waals surface area contributed by atoms with Crippen molar-refractivity contribution in [3.63, 3.8) is 0 Å². The first-order valence-corrected chi connectivity index (χ1v) is 11.6. The van der Waals surface area contributed by atoms with Gasteiger partial charge in [0.25, 0.3) is 0 Å². The molecule has 1 heterocycles. The van der Waals surface area contributed by atoms with Gasteiger partial charge >= 0.3 is 0 Å². The first-order valence-electron chi connectivity index (χ1n) is 8.74. The minimum Gasteiger partial charge on any atom is -0.207 e. The molecule has 0 unspecified atom stereocenters. The Bertz CT molecular complexity index is 1140. The van der Waals surface area contributed by atoms with Gasteiger partial charge in [-0.15, -0.1) is 0 Å². The fraction of sp³-hybridized carbons (Fsp3) is 0.316. The SMILES string of the molecule is Cc1ccc(C)c(S(=O)(=O)N2CCN(S(=O)(=O)c3ccccc3C#N)CC2)c1. The normalized spacial score (nSPS) is 16.6. The number of nitriles is 1. The number of hydrogen-bond acceptors (Lipinski definition) is 5. The van der Waals surface area contributed by atoms with Gasteiger partial charge in [0.15, 0.2) is 0 Å². The van der Waals surface area contributed by atoms with Crippen LogP contribution in [0.1, 0.15) is 16.7 Å². The van der Waals surface area contributed by atoms with Crippen LogP contribution in [0.15, 0.2) is 52.3 Å². The summed E-state index contributed by atoms with van der Waals surface area (Å²) in [4.78, 5) is 0.196. The van der Waals surface area contributed by atoms with Crippen LogP contribution in [0.4, 0.5) is 0 Å². The molecule has 3 rings (SSSR count). The number of benzene rings is 2. The number of sulfonamides is 2. The van der Waals surface area contributed by atoms with Crippen molar-refractivity contribution in [2.24, 2.45) is 0 Å². The fourth-order valence-corrected chi connectivity index (χ4v) is 6.49. The van der Waals surface area contributed by atoms with Crippen molar-refractivity contribution >= 4 is 20.0 Å². The number of hydrogen-bond donors (Lipinski definition) is 0. The Morgan fingerprint density at radius 1 is 0.821 bits per heavy atom. The number of aryl methyl sites for hydroxylation is 2. The van der Waals surface area contributed by atoms with Gasteiger partial charge in [-0.2, -0.15) is 13.9 Å². The molecule has 0 amide bonds. The zero-order valence-electron chi connectivity index (χ0n) is 15.7.